The van der Waals surface area contributed by atoms with E-state index >= 15 is 0 Å². The van der Waals surface area contributed by atoms with Crippen molar-refractivity contribution in [3.63, 3.8) is 0 Å². The van der Waals surface area contributed by atoms with Gasteiger partial charge in [-0.25, -0.2) is 0 Å². The summed E-state index contributed by atoms with van der Waals surface area (Å²) in [6.07, 6.45) is 15.0. The van der Waals surface area contributed by atoms with Crippen molar-refractivity contribution in [2.45, 2.75) is 0 Å². The van der Waals surface area contributed by atoms with Gasteiger partial charge in [-0.2, -0.15) is 0 Å². The zero-order valence-corrected chi connectivity index (χ0v) is 28.4. The van der Waals surface area contributed by atoms with E-state index in [4.69, 9.17) is 9.47 Å². The third kappa shape index (κ3) is 3.54. The Morgan fingerprint density at radius 2 is 0.852 bits per heavy atom. The number of rotatable bonds is 3. The molecule has 250 valence electrons. The van der Waals surface area contributed by atoms with Crippen LogP contribution in [0, 0.1) is 0 Å². The quantitative estimate of drug-likeness (QED) is 0.174. The summed E-state index contributed by atoms with van der Waals surface area (Å²) < 4.78 is 18.4. The first-order valence-corrected chi connectivity index (χ1v) is 17.9. The number of hydrogen-bond acceptors (Lipinski definition) is 7. The number of anilines is 3. The highest BCUT2D eigenvalue weighted by molar-refractivity contribution is 7.00. The average molecular weight is 694 g/mol. The van der Waals surface area contributed by atoms with Gasteiger partial charge in [0.2, 0.25) is 0 Å². The van der Waals surface area contributed by atoms with Crippen LogP contribution < -0.4 is 30.8 Å². The van der Waals surface area contributed by atoms with Gasteiger partial charge in [0.05, 0.1) is 27.8 Å². The van der Waals surface area contributed by atoms with E-state index in [9.17, 15) is 0 Å². The first-order chi connectivity index (χ1) is 26.8. The lowest BCUT2D eigenvalue weighted by Crippen LogP contribution is -2.61. The molecule has 0 radical (unpaired) electrons. The summed E-state index contributed by atoms with van der Waals surface area (Å²) in [5, 5.41) is 4.23. The molecule has 4 aromatic carbocycles. The zero-order valence-electron chi connectivity index (χ0n) is 28.4. The smallest absolute Gasteiger partial charge is 0.266 e. The van der Waals surface area contributed by atoms with Gasteiger partial charge >= 0.3 is 0 Å². The highest BCUT2D eigenvalue weighted by Crippen LogP contribution is 2.47. The molecule has 6 aromatic heterocycles. The Morgan fingerprint density at radius 1 is 0.407 bits per heavy atom. The van der Waals surface area contributed by atoms with Crippen molar-refractivity contribution in [3.05, 3.63) is 147 Å². The molecular weight excluding hydrogens is 669 g/mol. The minimum Gasteiger partial charge on any atom is -0.458 e. The van der Waals surface area contributed by atoms with Crippen molar-refractivity contribution in [1.29, 1.82) is 0 Å². The van der Waals surface area contributed by atoms with E-state index < -0.39 is 0 Å². The maximum Gasteiger partial charge on any atom is 0.266 e. The minimum absolute atomic E-state index is 0.0627. The summed E-state index contributed by atoms with van der Waals surface area (Å²) in [6.45, 7) is -0.0627. The number of nitrogens with zero attached hydrogens (tertiary/aromatic N) is 7. The molecule has 0 aliphatic carbocycles. The second-order valence-corrected chi connectivity index (χ2v) is 14.0. The van der Waals surface area contributed by atoms with Crippen molar-refractivity contribution < 1.29 is 9.47 Å². The van der Waals surface area contributed by atoms with Gasteiger partial charge in [0.25, 0.3) is 6.71 Å². The Labute approximate surface area is 307 Å². The van der Waals surface area contributed by atoms with E-state index in [0.717, 1.165) is 111 Å². The van der Waals surface area contributed by atoms with E-state index in [1.165, 1.54) is 0 Å². The average Bonchev–Trinajstić information content (AvgIpc) is 3.74. The largest absolute Gasteiger partial charge is 0.458 e. The molecule has 9 nitrogen and oxygen atoms in total. The predicted molar refractivity (Wildman–Crippen MR) is 212 cm³/mol. The first-order valence-electron chi connectivity index (χ1n) is 17.9. The molecule has 13 rings (SSSR count). The molecule has 54 heavy (non-hydrogen) atoms. The molecular formula is C44H24BN7O2. The van der Waals surface area contributed by atoms with Gasteiger partial charge < -0.3 is 23.5 Å². The van der Waals surface area contributed by atoms with Crippen LogP contribution in [0.1, 0.15) is 0 Å². The molecule has 0 N–H and O–H groups in total. The maximum absolute atomic E-state index is 6.91. The van der Waals surface area contributed by atoms with Crippen LogP contribution in [0.4, 0.5) is 17.1 Å². The summed E-state index contributed by atoms with van der Waals surface area (Å²) in [7, 11) is 0. The Morgan fingerprint density at radius 3 is 1.35 bits per heavy atom. The molecule has 10 heteroatoms. The Hall–Kier alpha value is -7.46. The number of ether oxygens (including phenoxy) is 2. The summed E-state index contributed by atoms with van der Waals surface area (Å²) in [6, 6.07) is 34.0. The molecule has 3 aliphatic rings. The highest BCUT2D eigenvalue weighted by Gasteiger charge is 2.47. The van der Waals surface area contributed by atoms with E-state index in [1.54, 1.807) is 0 Å². The van der Waals surface area contributed by atoms with Gasteiger partial charge in [-0.1, -0.05) is 18.2 Å². The Balaban J connectivity index is 1.01. The van der Waals surface area contributed by atoms with Crippen LogP contribution in [0.15, 0.2) is 147 Å². The third-order valence-electron chi connectivity index (χ3n) is 11.3. The van der Waals surface area contributed by atoms with E-state index in [-0.39, 0.29) is 6.71 Å². The lowest BCUT2D eigenvalue weighted by molar-refractivity contribution is 0.464. The zero-order chi connectivity index (χ0) is 35.1. The topological polar surface area (TPSA) is 83.1 Å². The molecule has 10 aromatic rings. The van der Waals surface area contributed by atoms with E-state index in [0.29, 0.717) is 0 Å². The number of aromatic nitrogens is 6. The summed E-state index contributed by atoms with van der Waals surface area (Å²) >= 11 is 0. The predicted octanol–water partition coefficient (Wildman–Crippen LogP) is 7.97. The van der Waals surface area contributed by atoms with E-state index in [2.05, 4.69) is 119 Å². The molecule has 0 spiro atoms. The Kier molecular flexibility index (Phi) is 5.27. The van der Waals surface area contributed by atoms with Gasteiger partial charge in [0, 0.05) is 111 Å². The standard InChI is InChI=1S/C44H24BN7O2/c1-4-25(50-32-10-14-46-21-28(32)29-22-47-15-11-33(29)50)18-26(5-1)51-36-6-2-8-38-42(36)45-43-37(51)7-3-9-39(43)54-41-20-27(19-40(53-38)44(41)45)52-34-12-16-48-23-30(34)31-24-49-17-13-35(31)52/h1-24H. The summed E-state index contributed by atoms with van der Waals surface area (Å²) in [4.78, 5) is 20.1. The number of hydrogen-bond donors (Lipinski definition) is 0. The van der Waals surface area contributed by atoms with Crippen molar-refractivity contribution in [3.8, 4) is 34.4 Å². The fraction of sp³-hybridized carbons (Fsp3) is 0. The molecule has 0 bridgehead atoms. The number of benzene rings is 4. The monoisotopic (exact) mass is 693 g/mol. The van der Waals surface area contributed by atoms with Gasteiger partial charge in [-0.15, -0.1) is 0 Å². The lowest BCUT2D eigenvalue weighted by atomic mass is 9.33. The molecule has 0 atom stereocenters. The van der Waals surface area contributed by atoms with Crippen LogP contribution in [0.5, 0.6) is 23.0 Å². The summed E-state index contributed by atoms with van der Waals surface area (Å²) in [5.41, 5.74) is 12.8. The van der Waals surface area contributed by atoms with Crippen LogP contribution >= 0.6 is 0 Å². The molecule has 3 aliphatic heterocycles. The van der Waals surface area contributed by atoms with Crippen molar-refractivity contribution >= 4 is 83.8 Å². The molecule has 0 fully saturated rings. The van der Waals surface area contributed by atoms with E-state index in [1.807, 2.05) is 61.7 Å². The lowest BCUT2D eigenvalue weighted by Gasteiger charge is -2.42. The molecule has 0 saturated heterocycles. The normalized spacial score (nSPS) is 13.4. The minimum atomic E-state index is -0.0627. The van der Waals surface area contributed by atoms with Gasteiger partial charge in [0.1, 0.15) is 23.0 Å². The second kappa shape index (κ2) is 10.1. The third-order valence-corrected chi connectivity index (χ3v) is 11.3. The van der Waals surface area contributed by atoms with Crippen molar-refractivity contribution in [2.75, 3.05) is 4.90 Å². The fourth-order valence-electron chi connectivity index (χ4n) is 9.21. The Bertz CT molecular complexity index is 3090. The first kappa shape index (κ1) is 28.2. The SMILES string of the molecule is c1cc(N2c3cccc4c3B3c5c(cc(-n6c7ccncc7c7cnccc76)cc5Oc5cccc2c53)O4)cc(-n2c3ccncc3c3cnccc32)c1. The van der Waals surface area contributed by atoms with Crippen molar-refractivity contribution in [1.82, 2.24) is 29.1 Å². The van der Waals surface area contributed by atoms with Crippen LogP contribution in [-0.2, 0) is 0 Å². The molecule has 9 heterocycles. The maximum atomic E-state index is 6.91. The van der Waals surface area contributed by atoms with Gasteiger partial charge in [0.15, 0.2) is 0 Å². The van der Waals surface area contributed by atoms with Gasteiger partial charge in [-0.3, -0.25) is 19.9 Å². The number of fused-ring (bicyclic) bond motifs is 6. The second-order valence-electron chi connectivity index (χ2n) is 14.0. The van der Waals surface area contributed by atoms with Crippen molar-refractivity contribution in [2.24, 2.45) is 0 Å². The van der Waals surface area contributed by atoms with Crippen LogP contribution in [0.2, 0.25) is 0 Å². The molecule has 0 amide bonds. The summed E-state index contributed by atoms with van der Waals surface area (Å²) in [5.74, 6) is 3.27. The number of pyridine rings is 4. The van der Waals surface area contributed by atoms with Gasteiger partial charge in [-0.05, 0) is 77.7 Å². The van der Waals surface area contributed by atoms with Crippen LogP contribution in [-0.4, -0.2) is 35.8 Å². The van der Waals surface area contributed by atoms with Crippen LogP contribution in [0.3, 0.4) is 0 Å². The molecule has 0 unspecified atom stereocenters. The molecule has 0 saturated carbocycles. The fourth-order valence-corrected chi connectivity index (χ4v) is 9.21. The highest BCUT2D eigenvalue weighted by atomic mass is 16.5. The van der Waals surface area contributed by atoms with Crippen LogP contribution in [0.25, 0.3) is 55.0 Å².